The lowest BCUT2D eigenvalue weighted by molar-refractivity contribution is -0.203. The Morgan fingerprint density at radius 3 is 2.19 bits per heavy atom. The van der Waals surface area contributed by atoms with Crippen molar-refractivity contribution in [2.45, 2.75) is 57.4 Å². The smallest absolute Gasteiger partial charge is 0.389 e. The van der Waals surface area contributed by atoms with Gasteiger partial charge in [-0.2, -0.15) is 13.2 Å². The molecule has 0 aromatic rings. The maximum atomic E-state index is 12.5. The van der Waals surface area contributed by atoms with E-state index in [0.717, 1.165) is 0 Å². The van der Waals surface area contributed by atoms with Crippen LogP contribution in [0.15, 0.2) is 0 Å². The van der Waals surface area contributed by atoms with Gasteiger partial charge in [0.2, 0.25) is 0 Å². The fourth-order valence-corrected chi connectivity index (χ4v) is 3.12. The van der Waals surface area contributed by atoms with Crippen LogP contribution in [-0.2, 0) is 19.0 Å². The maximum Gasteiger partial charge on any atom is 0.389 e. The lowest BCUT2D eigenvalue weighted by Crippen LogP contribution is -2.45. The molecule has 1 aliphatic carbocycles. The highest BCUT2D eigenvalue weighted by Gasteiger charge is 2.51. The second-order valence-electron chi connectivity index (χ2n) is 5.72. The van der Waals surface area contributed by atoms with E-state index in [1.807, 2.05) is 0 Å². The average molecular weight is 310 g/mol. The lowest BCUT2D eigenvalue weighted by Gasteiger charge is -2.42. The molecular weight excluding hydrogens is 289 g/mol. The number of esters is 1. The summed E-state index contributed by atoms with van der Waals surface area (Å²) >= 11 is 0. The minimum absolute atomic E-state index is 0.171. The Hall–Kier alpha value is -0.820. The van der Waals surface area contributed by atoms with Crippen molar-refractivity contribution in [1.82, 2.24) is 0 Å². The Balaban J connectivity index is 2.05. The van der Waals surface area contributed by atoms with Gasteiger partial charge in [0.05, 0.1) is 25.2 Å². The molecular formula is C14H21F3O4. The van der Waals surface area contributed by atoms with E-state index in [1.54, 1.807) is 6.92 Å². The molecule has 4 nitrogen and oxygen atoms in total. The highest BCUT2D eigenvalue weighted by atomic mass is 19.4. The summed E-state index contributed by atoms with van der Waals surface area (Å²) in [6.45, 7) is 2.82. The van der Waals surface area contributed by atoms with E-state index in [9.17, 15) is 18.0 Å². The fraction of sp³-hybridized carbons (Fsp3) is 0.929. The summed E-state index contributed by atoms with van der Waals surface area (Å²) in [5, 5.41) is 0. The molecule has 7 heteroatoms. The molecule has 1 heterocycles. The van der Waals surface area contributed by atoms with E-state index in [1.165, 1.54) is 0 Å². The first-order valence-corrected chi connectivity index (χ1v) is 7.33. The summed E-state index contributed by atoms with van der Waals surface area (Å²) in [5.41, 5.74) is -1.06. The average Bonchev–Trinajstić information content (AvgIpc) is 2.87. The van der Waals surface area contributed by atoms with Gasteiger partial charge in [0.1, 0.15) is 0 Å². The van der Waals surface area contributed by atoms with Crippen LogP contribution in [0.2, 0.25) is 0 Å². The number of ether oxygens (including phenoxy) is 3. The molecule has 122 valence electrons. The number of carbonyl (C=O) groups is 1. The van der Waals surface area contributed by atoms with Crippen molar-refractivity contribution in [1.29, 1.82) is 0 Å². The van der Waals surface area contributed by atoms with E-state index >= 15 is 0 Å². The zero-order chi connectivity index (χ0) is 15.6. The third-order valence-corrected chi connectivity index (χ3v) is 4.38. The number of halogens is 3. The third kappa shape index (κ3) is 3.88. The number of hydrogen-bond donors (Lipinski definition) is 0. The maximum absolute atomic E-state index is 12.5. The van der Waals surface area contributed by atoms with Gasteiger partial charge in [0.25, 0.3) is 0 Å². The monoisotopic (exact) mass is 310 g/mol. The van der Waals surface area contributed by atoms with Crippen LogP contribution in [-0.4, -0.2) is 37.8 Å². The number of carbonyl (C=O) groups excluding carboxylic acids is 1. The first-order chi connectivity index (χ1) is 9.81. The normalized spacial score (nSPS) is 24.2. The molecule has 2 fully saturated rings. The predicted molar refractivity (Wildman–Crippen MR) is 67.5 cm³/mol. The van der Waals surface area contributed by atoms with E-state index in [0.29, 0.717) is 38.9 Å². The molecule has 0 N–H and O–H groups in total. The Kier molecular flexibility index (Phi) is 4.82. The van der Waals surface area contributed by atoms with Crippen LogP contribution in [0.1, 0.15) is 45.4 Å². The quantitative estimate of drug-likeness (QED) is 0.748. The van der Waals surface area contributed by atoms with Crippen molar-refractivity contribution in [3.05, 3.63) is 0 Å². The molecule has 21 heavy (non-hydrogen) atoms. The molecule has 0 radical (unpaired) electrons. The second kappa shape index (κ2) is 6.12. The molecule has 2 aliphatic rings. The molecule has 0 aromatic heterocycles. The van der Waals surface area contributed by atoms with Crippen molar-refractivity contribution in [3.63, 3.8) is 0 Å². The van der Waals surface area contributed by atoms with Gasteiger partial charge < -0.3 is 14.2 Å². The van der Waals surface area contributed by atoms with E-state index < -0.39 is 29.8 Å². The van der Waals surface area contributed by atoms with Crippen LogP contribution in [0.3, 0.4) is 0 Å². The van der Waals surface area contributed by atoms with Gasteiger partial charge in [-0.3, -0.25) is 4.79 Å². The lowest BCUT2D eigenvalue weighted by atomic mass is 9.69. The van der Waals surface area contributed by atoms with Gasteiger partial charge >= 0.3 is 12.1 Å². The van der Waals surface area contributed by atoms with Crippen molar-refractivity contribution in [3.8, 4) is 0 Å². The Bertz CT molecular complexity index is 365. The Morgan fingerprint density at radius 2 is 1.71 bits per heavy atom. The molecule has 0 aromatic carbocycles. The zero-order valence-corrected chi connectivity index (χ0v) is 12.1. The summed E-state index contributed by atoms with van der Waals surface area (Å²) < 4.78 is 53.7. The molecule has 0 amide bonds. The Labute approximate surface area is 121 Å². The third-order valence-electron chi connectivity index (χ3n) is 4.38. The number of hydrogen-bond acceptors (Lipinski definition) is 4. The van der Waals surface area contributed by atoms with Crippen LogP contribution >= 0.6 is 0 Å². The minimum atomic E-state index is -4.27. The van der Waals surface area contributed by atoms with Gasteiger partial charge in [-0.25, -0.2) is 0 Å². The first-order valence-electron chi connectivity index (χ1n) is 7.33. The van der Waals surface area contributed by atoms with Gasteiger partial charge in [-0.1, -0.05) is 0 Å². The van der Waals surface area contributed by atoms with Crippen LogP contribution < -0.4 is 0 Å². The summed E-state index contributed by atoms with van der Waals surface area (Å²) in [5.74, 6) is -1.23. The van der Waals surface area contributed by atoms with E-state index in [2.05, 4.69) is 0 Å². The SMILES string of the molecule is CCOC(=O)C1(CCC(F)(F)F)CCC2(CC1)OCCO2. The standard InChI is InChI=1S/C14H21F3O4/c1-2-19-11(18)12(5-8-14(15,16)17)3-6-13(7-4-12)20-9-10-21-13/h2-10H2,1H3. The Morgan fingerprint density at radius 1 is 1.14 bits per heavy atom. The van der Waals surface area contributed by atoms with Crippen LogP contribution in [0, 0.1) is 5.41 Å². The van der Waals surface area contributed by atoms with Crippen molar-refractivity contribution < 1.29 is 32.2 Å². The topological polar surface area (TPSA) is 44.8 Å². The molecule has 0 bridgehead atoms. The van der Waals surface area contributed by atoms with Crippen LogP contribution in [0.4, 0.5) is 13.2 Å². The van der Waals surface area contributed by atoms with Crippen molar-refractivity contribution >= 4 is 5.97 Å². The second-order valence-corrected chi connectivity index (χ2v) is 5.72. The van der Waals surface area contributed by atoms with Gasteiger partial charge in [-0.05, 0) is 26.2 Å². The minimum Gasteiger partial charge on any atom is -0.466 e. The summed E-state index contributed by atoms with van der Waals surface area (Å²) in [7, 11) is 0. The van der Waals surface area contributed by atoms with Crippen molar-refractivity contribution in [2.24, 2.45) is 5.41 Å². The molecule has 0 unspecified atom stereocenters. The molecule has 1 saturated heterocycles. The van der Waals surface area contributed by atoms with Crippen LogP contribution in [0.5, 0.6) is 0 Å². The largest absolute Gasteiger partial charge is 0.466 e. The summed E-state index contributed by atoms with van der Waals surface area (Å²) in [6.07, 6.45) is -3.99. The molecule has 1 saturated carbocycles. The highest BCUT2D eigenvalue weighted by Crippen LogP contribution is 2.49. The zero-order valence-electron chi connectivity index (χ0n) is 12.1. The molecule has 1 aliphatic heterocycles. The fourth-order valence-electron chi connectivity index (χ4n) is 3.12. The molecule has 1 spiro atoms. The van der Waals surface area contributed by atoms with Gasteiger partial charge in [-0.15, -0.1) is 0 Å². The van der Waals surface area contributed by atoms with Gasteiger partial charge in [0, 0.05) is 19.3 Å². The van der Waals surface area contributed by atoms with E-state index in [4.69, 9.17) is 14.2 Å². The van der Waals surface area contributed by atoms with E-state index in [-0.39, 0.29) is 13.0 Å². The van der Waals surface area contributed by atoms with Gasteiger partial charge in [0.15, 0.2) is 5.79 Å². The highest BCUT2D eigenvalue weighted by molar-refractivity contribution is 5.77. The first kappa shape index (κ1) is 16.5. The predicted octanol–water partition coefficient (Wildman–Crippen LogP) is 3.20. The number of rotatable bonds is 4. The number of alkyl halides is 3. The van der Waals surface area contributed by atoms with Crippen LogP contribution in [0.25, 0.3) is 0 Å². The molecule has 0 atom stereocenters. The summed E-state index contributed by atoms with van der Waals surface area (Å²) in [4.78, 5) is 12.2. The molecule has 2 rings (SSSR count). The summed E-state index contributed by atoms with van der Waals surface area (Å²) in [6, 6.07) is 0. The van der Waals surface area contributed by atoms with Crippen molar-refractivity contribution in [2.75, 3.05) is 19.8 Å².